The van der Waals surface area contributed by atoms with Crippen LogP contribution in [0.2, 0.25) is 0 Å². The molecule has 4 aromatic rings. The maximum atomic E-state index is 13.3. The molecule has 0 bridgehead atoms. The summed E-state index contributed by atoms with van der Waals surface area (Å²) >= 11 is 0. The van der Waals surface area contributed by atoms with E-state index in [0.29, 0.717) is 0 Å². The number of halogens is 4. The summed E-state index contributed by atoms with van der Waals surface area (Å²) in [6.45, 7) is 3.59. The van der Waals surface area contributed by atoms with Gasteiger partial charge in [0.15, 0.2) is 0 Å². The largest absolute Gasteiger partial charge is 4.00 e. The van der Waals surface area contributed by atoms with E-state index in [1.54, 1.807) is 50.2 Å². The zero-order chi connectivity index (χ0) is 35.2. The molecule has 2 aliphatic carbocycles. The van der Waals surface area contributed by atoms with Crippen molar-refractivity contribution in [2.75, 3.05) is 0 Å². The van der Waals surface area contributed by atoms with Crippen LogP contribution in [0.3, 0.4) is 0 Å². The average Bonchev–Trinajstić information content (AvgIpc) is 3.81. The Morgan fingerprint density at radius 3 is 1.14 bits per heavy atom. The van der Waals surface area contributed by atoms with Gasteiger partial charge in [0, 0.05) is 11.6 Å². The van der Waals surface area contributed by atoms with Crippen molar-refractivity contribution in [2.24, 2.45) is 0 Å². The van der Waals surface area contributed by atoms with Gasteiger partial charge < -0.3 is 8.37 Å². The fourth-order valence-electron chi connectivity index (χ4n) is 3.41. The van der Waals surface area contributed by atoms with Gasteiger partial charge in [-0.3, -0.25) is 12.2 Å². The number of allylic oxidation sites excluding steroid dienone is 8. The first-order valence-corrected chi connectivity index (χ1v) is 16.8. The van der Waals surface area contributed by atoms with E-state index < -0.39 is 55.0 Å². The molecule has 0 atom stereocenters. The summed E-state index contributed by atoms with van der Waals surface area (Å²) < 4.78 is 108. The molecule has 0 aromatic heterocycles. The van der Waals surface area contributed by atoms with Gasteiger partial charge in [0.2, 0.25) is 0 Å². The molecule has 49 heavy (non-hydrogen) atoms. The van der Waals surface area contributed by atoms with Gasteiger partial charge in [0.1, 0.15) is 9.79 Å². The minimum atomic E-state index is -4.15. The molecule has 6 rings (SSSR count). The van der Waals surface area contributed by atoms with Gasteiger partial charge in [0.25, 0.3) is 0 Å². The zero-order valence-electron chi connectivity index (χ0n) is 26.1. The Morgan fingerprint density at radius 2 is 0.898 bits per heavy atom. The Bertz CT molecular complexity index is 1840. The predicted molar refractivity (Wildman–Crippen MR) is 172 cm³/mol. The quantitative estimate of drug-likeness (QED) is 0.0855. The summed E-state index contributed by atoms with van der Waals surface area (Å²) in [4.78, 5) is -0.219. The van der Waals surface area contributed by atoms with E-state index >= 15 is 0 Å². The molecular formula is C36H28F4O6S2Ti. The fourth-order valence-corrected chi connectivity index (χ4v) is 5.27. The van der Waals surface area contributed by atoms with Crippen molar-refractivity contribution in [1.29, 1.82) is 0 Å². The molecule has 4 aromatic carbocycles. The molecule has 0 unspecified atom stereocenters. The van der Waals surface area contributed by atoms with Crippen molar-refractivity contribution in [3.05, 3.63) is 168 Å². The van der Waals surface area contributed by atoms with E-state index in [1.165, 1.54) is 24.3 Å². The third-order valence-electron chi connectivity index (χ3n) is 5.84. The zero-order valence-corrected chi connectivity index (χ0v) is 29.3. The monoisotopic (exact) mass is 744 g/mol. The van der Waals surface area contributed by atoms with Crippen LogP contribution in [0.15, 0.2) is 119 Å². The first-order valence-electron chi connectivity index (χ1n) is 14.0. The SMILES string of the molecule is Cc1ccc(S(=O)(=O)Oc2ccc(F)[c-]c2F)cc1.Cc1ccc(S(=O)(=O)Oc2ccc(F)[c-]c2F)cc1.[C-]1=CC=CC1.[C-]1=CC=CC1.[Ti+4]. The number of hydrogen-bond acceptors (Lipinski definition) is 6. The second-order valence-electron chi connectivity index (χ2n) is 9.68. The maximum Gasteiger partial charge on any atom is 4.00 e. The van der Waals surface area contributed by atoms with E-state index in [9.17, 15) is 34.4 Å². The van der Waals surface area contributed by atoms with Gasteiger partial charge in [0.05, 0.1) is 23.1 Å². The van der Waals surface area contributed by atoms with E-state index in [-0.39, 0.29) is 31.5 Å². The Hall–Kier alpha value is -4.23. The normalized spacial score (nSPS) is 12.4. The molecule has 0 radical (unpaired) electrons. The van der Waals surface area contributed by atoms with Crippen LogP contribution in [0.25, 0.3) is 0 Å². The molecule has 13 heteroatoms. The number of benzene rings is 4. The van der Waals surface area contributed by atoms with Crippen molar-refractivity contribution < 1.29 is 64.5 Å². The molecule has 0 amide bonds. The van der Waals surface area contributed by atoms with E-state index in [0.717, 1.165) is 48.2 Å². The number of hydrogen-bond donors (Lipinski definition) is 0. The molecule has 0 fully saturated rings. The summed E-state index contributed by atoms with van der Waals surface area (Å²) in [6, 6.07) is 18.6. The molecule has 0 saturated heterocycles. The van der Waals surface area contributed by atoms with Crippen molar-refractivity contribution in [1.82, 2.24) is 0 Å². The van der Waals surface area contributed by atoms with E-state index in [4.69, 9.17) is 0 Å². The minimum Gasteiger partial charge on any atom is -0.440 e. The summed E-state index contributed by atoms with van der Waals surface area (Å²) in [5, 5.41) is 0. The molecule has 2 aliphatic rings. The van der Waals surface area contributed by atoms with Crippen molar-refractivity contribution in [2.45, 2.75) is 36.5 Å². The topological polar surface area (TPSA) is 86.7 Å². The number of aryl methyl sites for hydroxylation is 2. The van der Waals surface area contributed by atoms with Crippen LogP contribution in [0.5, 0.6) is 11.5 Å². The summed E-state index contributed by atoms with van der Waals surface area (Å²) in [5.74, 6) is -5.45. The number of rotatable bonds is 6. The third kappa shape index (κ3) is 14.0. The standard InChI is InChI=1S/2C13H9F2O3S.2C5H5.Ti/c2*1-9-2-5-11(6-3-9)19(16,17)18-13-7-4-10(14)8-12(13)15;2*1-2-4-5-3-1;/h2*2-7H,1H3;2*1-3H,4H2;/q4*-1;+4. The van der Waals surface area contributed by atoms with Crippen molar-refractivity contribution in [3.63, 3.8) is 0 Å². The van der Waals surface area contributed by atoms with Crippen LogP contribution in [0.1, 0.15) is 24.0 Å². The molecule has 0 aliphatic heterocycles. The first kappa shape index (κ1) is 40.9. The summed E-state index contributed by atoms with van der Waals surface area (Å²) in [6.07, 6.45) is 20.0. The smallest absolute Gasteiger partial charge is 0.440 e. The first-order chi connectivity index (χ1) is 22.8. The van der Waals surface area contributed by atoms with Crippen LogP contribution in [-0.2, 0) is 42.0 Å². The van der Waals surface area contributed by atoms with Gasteiger partial charge in [-0.15, -0.1) is 49.2 Å². The average molecular weight is 745 g/mol. The second kappa shape index (κ2) is 19.7. The summed E-state index contributed by atoms with van der Waals surface area (Å²) in [5.41, 5.74) is 1.75. The Morgan fingerprint density at radius 1 is 0.551 bits per heavy atom. The van der Waals surface area contributed by atoms with Gasteiger partial charge in [-0.05, 0) is 38.1 Å². The maximum absolute atomic E-state index is 13.3. The van der Waals surface area contributed by atoms with Crippen LogP contribution in [-0.4, -0.2) is 16.8 Å². The fraction of sp³-hybridized carbons (Fsp3) is 0.111. The van der Waals surface area contributed by atoms with E-state index in [2.05, 4.69) is 32.7 Å². The third-order valence-corrected chi connectivity index (χ3v) is 8.34. The molecule has 0 saturated carbocycles. The Kier molecular flexibility index (Phi) is 16.5. The molecule has 6 nitrogen and oxygen atoms in total. The van der Waals surface area contributed by atoms with Gasteiger partial charge in [-0.2, -0.15) is 29.0 Å². The Balaban J connectivity index is 0.000000260. The van der Waals surface area contributed by atoms with Gasteiger partial charge in [-0.25, -0.2) is 41.9 Å². The predicted octanol–water partition coefficient (Wildman–Crippen LogP) is 8.29. The molecular weight excluding hydrogens is 716 g/mol. The van der Waals surface area contributed by atoms with Crippen molar-refractivity contribution >= 4 is 20.2 Å². The van der Waals surface area contributed by atoms with Crippen molar-refractivity contribution in [3.8, 4) is 11.5 Å². The van der Waals surface area contributed by atoms with Crippen LogP contribution in [0.4, 0.5) is 17.6 Å². The van der Waals surface area contributed by atoms with Gasteiger partial charge >= 0.3 is 42.0 Å². The van der Waals surface area contributed by atoms with E-state index in [1.807, 2.05) is 24.3 Å². The molecule has 0 heterocycles. The molecule has 252 valence electrons. The van der Waals surface area contributed by atoms with Crippen LogP contribution < -0.4 is 8.37 Å². The second-order valence-corrected chi connectivity index (χ2v) is 12.8. The van der Waals surface area contributed by atoms with Crippen LogP contribution in [0, 0.1) is 61.4 Å². The molecule has 0 spiro atoms. The minimum absolute atomic E-state index is 0. The summed E-state index contributed by atoms with van der Waals surface area (Å²) in [7, 11) is -8.30. The van der Waals surface area contributed by atoms with Gasteiger partial charge in [-0.1, -0.05) is 35.4 Å². The van der Waals surface area contributed by atoms with Crippen LogP contribution >= 0.6 is 0 Å². The Labute approximate surface area is 299 Å². The molecule has 0 N–H and O–H groups in total.